The van der Waals surface area contributed by atoms with Crippen LogP contribution in [0.2, 0.25) is 0 Å². The molecule has 1 aliphatic heterocycles. The number of primary amides is 1. The molecular formula is C47H78N7O25PS. The van der Waals surface area contributed by atoms with Gasteiger partial charge >= 0.3 is 43.6 Å². The van der Waals surface area contributed by atoms with E-state index in [2.05, 4.69) is 20.5 Å². The summed E-state index contributed by atoms with van der Waals surface area (Å²) < 4.78 is 38.0. The first kappa shape index (κ1) is 73.1. The third kappa shape index (κ3) is 33.6. The van der Waals surface area contributed by atoms with Crippen molar-refractivity contribution in [1.82, 2.24) is 30.7 Å². The number of nitrogens with one attached hydrogen (secondary N) is 3. The fourth-order valence-corrected chi connectivity index (χ4v) is 9.52. The molecule has 1 fully saturated rings. The predicted molar refractivity (Wildman–Crippen MR) is 280 cm³/mol. The average Bonchev–Trinajstić information content (AvgIpc) is 3.68. The zero-order valence-electron chi connectivity index (χ0n) is 45.2. The highest BCUT2D eigenvalue weighted by atomic mass is 32.2. The number of imide groups is 1. The number of carboxylic acid groups (broad SMARTS) is 6. The van der Waals surface area contributed by atoms with Crippen LogP contribution in [0.3, 0.4) is 0 Å². The number of hydrogen-bond acceptors (Lipinski definition) is 21. The highest BCUT2D eigenvalue weighted by Gasteiger charge is 2.40. The number of nitrogens with two attached hydrogens (primary N) is 1. The van der Waals surface area contributed by atoms with Gasteiger partial charge in [0, 0.05) is 58.8 Å². The van der Waals surface area contributed by atoms with Crippen LogP contribution in [0.4, 0.5) is 0 Å². The van der Waals surface area contributed by atoms with Gasteiger partial charge in [-0.05, 0) is 57.1 Å². The zero-order valence-corrected chi connectivity index (χ0v) is 46.9. The van der Waals surface area contributed by atoms with E-state index in [1.54, 1.807) is 0 Å². The van der Waals surface area contributed by atoms with Gasteiger partial charge < -0.3 is 71.4 Å². The van der Waals surface area contributed by atoms with E-state index in [0.717, 1.165) is 21.8 Å². The quantitative estimate of drug-likeness (QED) is 0.0188. The maximum absolute atomic E-state index is 13.7. The summed E-state index contributed by atoms with van der Waals surface area (Å²) in [6, 6.07) is -2.84. The summed E-state index contributed by atoms with van der Waals surface area (Å²) in [7, 11) is -3.01. The molecule has 0 saturated carbocycles. The highest BCUT2D eigenvalue weighted by Crippen LogP contribution is 2.42. The lowest BCUT2D eigenvalue weighted by molar-refractivity contribution is -0.152. The summed E-state index contributed by atoms with van der Waals surface area (Å²) in [6.07, 6.45) is 1.90. The number of carbonyl (C=O) groups excluding carboxylic acids is 6. The first-order valence-corrected chi connectivity index (χ1v) is 28.4. The van der Waals surface area contributed by atoms with Gasteiger partial charge in [-0.1, -0.05) is 12.8 Å². The molecule has 4 atom stereocenters. The van der Waals surface area contributed by atoms with Gasteiger partial charge in [0.05, 0.1) is 77.7 Å². The fraction of sp³-hybridized carbons (Fsp3) is 0.745. The molecule has 12 N–H and O–H groups in total. The average molecular weight is 1200 g/mol. The molecule has 1 rings (SSSR count). The van der Waals surface area contributed by atoms with Crippen molar-refractivity contribution in [3.8, 4) is 0 Å². The second-order valence-electron chi connectivity index (χ2n) is 18.6. The lowest BCUT2D eigenvalue weighted by Crippen LogP contribution is -2.59. The maximum Gasteiger partial charge on any atom is 0.471 e. The molecule has 0 aliphatic carbocycles. The van der Waals surface area contributed by atoms with Crippen LogP contribution in [0.1, 0.15) is 96.3 Å². The number of aliphatic carboxylic acids is 6. The van der Waals surface area contributed by atoms with E-state index in [1.807, 2.05) is 0 Å². The van der Waals surface area contributed by atoms with Crippen molar-refractivity contribution < 1.29 is 121 Å². The van der Waals surface area contributed by atoms with Crippen LogP contribution < -0.4 is 21.7 Å². The third-order valence-electron chi connectivity index (χ3n) is 11.8. The molecule has 0 aromatic carbocycles. The number of carbonyl (C=O) groups is 12. The zero-order chi connectivity index (χ0) is 61.0. The van der Waals surface area contributed by atoms with Gasteiger partial charge in [-0.2, -0.15) is 0 Å². The van der Waals surface area contributed by atoms with Crippen LogP contribution in [0, 0.1) is 0 Å². The van der Waals surface area contributed by atoms with Crippen LogP contribution in [-0.2, 0) is 85.4 Å². The molecule has 462 valence electrons. The van der Waals surface area contributed by atoms with Crippen molar-refractivity contribution >= 4 is 90.8 Å². The van der Waals surface area contributed by atoms with Crippen molar-refractivity contribution in [2.75, 3.05) is 105 Å². The summed E-state index contributed by atoms with van der Waals surface area (Å²) >= 11 is 1.28. The first-order valence-electron chi connectivity index (χ1n) is 25.9. The molecule has 81 heavy (non-hydrogen) atoms. The highest BCUT2D eigenvalue weighted by molar-refractivity contribution is 8.00. The molecule has 0 spiro atoms. The second-order valence-corrected chi connectivity index (χ2v) is 21.5. The maximum atomic E-state index is 13.7. The number of unbranched alkanes of at least 4 members (excludes halogenated alkanes) is 5. The Morgan fingerprint density at radius 2 is 1.09 bits per heavy atom. The van der Waals surface area contributed by atoms with Crippen molar-refractivity contribution in [2.45, 2.75) is 119 Å². The van der Waals surface area contributed by atoms with Gasteiger partial charge in [-0.3, -0.25) is 81.3 Å². The summed E-state index contributed by atoms with van der Waals surface area (Å²) in [6.45, 7) is -5.44. The second kappa shape index (κ2) is 40.3. The number of likely N-dealkylation sites (tertiary alicyclic amines) is 1. The van der Waals surface area contributed by atoms with E-state index in [4.69, 9.17) is 44.9 Å². The van der Waals surface area contributed by atoms with Crippen LogP contribution in [-0.4, -0.2) is 249 Å². The Labute approximate surface area is 471 Å². The fourth-order valence-electron chi connectivity index (χ4n) is 7.87. The van der Waals surface area contributed by atoms with Gasteiger partial charge in [-0.15, -0.1) is 11.8 Å². The van der Waals surface area contributed by atoms with Crippen molar-refractivity contribution in [2.24, 2.45) is 5.73 Å². The summed E-state index contributed by atoms with van der Waals surface area (Å²) in [5, 5.41) is 63.1. The lowest BCUT2D eigenvalue weighted by atomic mass is 10.0. The normalized spacial score (nSPS) is 15.6. The number of thioether (sulfide) groups is 1. The Kier molecular flexibility index (Phi) is 36.4. The van der Waals surface area contributed by atoms with Crippen molar-refractivity contribution in [3.63, 3.8) is 0 Å². The monoisotopic (exact) mass is 1200 g/mol. The van der Waals surface area contributed by atoms with Crippen LogP contribution in [0.25, 0.3) is 0 Å². The number of ether oxygens (including phenoxy) is 3. The number of phosphoric ester groups is 1. The molecule has 0 radical (unpaired) electrons. The Balaban J connectivity index is 3.05. The van der Waals surface area contributed by atoms with Gasteiger partial charge in [0.1, 0.15) is 17.6 Å². The van der Waals surface area contributed by atoms with E-state index in [9.17, 15) is 77.2 Å². The van der Waals surface area contributed by atoms with Gasteiger partial charge in [-0.25, -0.2) is 4.57 Å². The molecule has 1 aliphatic rings. The minimum atomic E-state index is -4.07. The van der Waals surface area contributed by atoms with Gasteiger partial charge in [0.15, 0.2) is 0 Å². The number of rotatable bonds is 51. The largest absolute Gasteiger partial charge is 0.480 e. The molecule has 34 heteroatoms. The molecule has 0 aromatic heterocycles. The number of phosphoric acid groups is 1. The first-order chi connectivity index (χ1) is 38.2. The number of carboxylic acids is 6. The molecule has 0 aromatic rings. The lowest BCUT2D eigenvalue weighted by Gasteiger charge is -2.34. The molecular weight excluding hydrogens is 1130 g/mol. The third-order valence-corrected chi connectivity index (χ3v) is 14.1. The van der Waals surface area contributed by atoms with Crippen LogP contribution in [0.5, 0.6) is 0 Å². The Morgan fingerprint density at radius 3 is 1.51 bits per heavy atom. The topological polar surface area (TPSA) is 482 Å². The minimum absolute atomic E-state index is 0.0190. The molecule has 4 unspecified atom stereocenters. The number of amides is 6. The van der Waals surface area contributed by atoms with E-state index >= 15 is 0 Å². The summed E-state index contributed by atoms with van der Waals surface area (Å²) in [5.74, 6) is -11.4. The smallest absolute Gasteiger partial charge is 0.471 e. The molecule has 1 saturated heterocycles. The molecule has 1 heterocycles. The van der Waals surface area contributed by atoms with Crippen LogP contribution in [0.15, 0.2) is 0 Å². The molecule has 0 bridgehead atoms. The molecule has 32 nitrogen and oxygen atoms in total. The van der Waals surface area contributed by atoms with Crippen molar-refractivity contribution in [1.29, 1.82) is 0 Å². The van der Waals surface area contributed by atoms with Crippen molar-refractivity contribution in [3.05, 3.63) is 0 Å². The minimum Gasteiger partial charge on any atom is -0.480 e. The number of nitrogens with zero attached hydrogens (tertiary/aromatic N) is 3. The van der Waals surface area contributed by atoms with Gasteiger partial charge in [0.2, 0.25) is 35.4 Å². The van der Waals surface area contributed by atoms with E-state index in [-0.39, 0.29) is 110 Å². The van der Waals surface area contributed by atoms with E-state index in [1.165, 1.54) is 11.8 Å². The Morgan fingerprint density at radius 1 is 0.642 bits per heavy atom. The Hall–Kier alpha value is -5.90. The standard InChI is InChI=1S/C47H78N7O25PS/c1-75-80(73,74)79-19-8-2-3-9-23-81-34-24-39(59)54(44(34)68)18-12-38(58)51-47(29-76-20-13-35(48)55,30-77-21-14-36(56)49-16-6-4-10-32(45(69)70)52(25-40(60)61)26-41(62)63)31-78-22-15-37(57)50-17-7-5-11-33(46(71)72)53(27-42(64)65)28-43(66)67/h32-34H,2-31H2,1H3,(H2,48,55)(H,49,56)(H,50,57)(H,51,58)(H,60,61)(H,62,63)(H,64,65)(H,66,67)(H,69,70)(H,71,72)(H,73,74). The molecule has 6 amide bonds. The van der Waals surface area contributed by atoms with E-state index < -0.39 is 154 Å². The van der Waals surface area contributed by atoms with Gasteiger partial charge in [0.25, 0.3) is 0 Å². The van der Waals surface area contributed by atoms with Crippen LogP contribution >= 0.6 is 19.6 Å². The summed E-state index contributed by atoms with van der Waals surface area (Å²) in [5.41, 5.74) is 3.68. The number of hydrogen-bond donors (Lipinski definition) is 11. The summed E-state index contributed by atoms with van der Waals surface area (Å²) in [4.78, 5) is 158. The van der Waals surface area contributed by atoms with E-state index in [0.29, 0.717) is 31.4 Å². The SMILES string of the molecule is COP(=O)(O)OCCCCCCSC1CC(=O)N(CCC(=O)NC(COCCC(N)=O)(COCCC(=O)NCCCCC(C(=O)O)N(CC(=O)O)CC(=O)O)COCCC(=O)NCCCCC(C(=O)O)N(CC(=O)O)CC(=O)O)C1=O. The predicted octanol–water partition coefficient (Wildman–Crippen LogP) is -1.46. The Bertz CT molecular complexity index is 2030.